The van der Waals surface area contributed by atoms with E-state index < -0.39 is 35.5 Å². The minimum atomic E-state index is -0.808. The van der Waals surface area contributed by atoms with Crippen molar-refractivity contribution in [3.05, 3.63) is 93.4 Å². The predicted molar refractivity (Wildman–Crippen MR) is 146 cm³/mol. The van der Waals surface area contributed by atoms with Crippen molar-refractivity contribution in [3.8, 4) is 0 Å². The van der Waals surface area contributed by atoms with E-state index in [9.17, 15) is 23.2 Å². The van der Waals surface area contributed by atoms with Crippen LogP contribution >= 0.6 is 22.1 Å². The van der Waals surface area contributed by atoms with E-state index in [4.69, 9.17) is 16.3 Å². The van der Waals surface area contributed by atoms with Crippen LogP contribution in [0.2, 0.25) is 5.02 Å². The highest BCUT2D eigenvalue weighted by atomic mass is 35.5. The number of nitrogens with one attached hydrogen (secondary N) is 2. The second kappa shape index (κ2) is 11.1. The highest BCUT2D eigenvalue weighted by Crippen LogP contribution is 2.43. The summed E-state index contributed by atoms with van der Waals surface area (Å²) in [7, 11) is 0.971. The SMILES string of the molecule is C/C=S1\CC(NC(=O)c2cc(C(=O)NCc3ccc(F)c(Cl)c3)nc3c(F)cnn23)c2ccc(C(=O)OC)cc21. The first-order chi connectivity index (χ1) is 19.2. The van der Waals surface area contributed by atoms with Crippen LogP contribution in [0, 0.1) is 11.6 Å². The molecular formula is C27H22ClF2N5O4S. The number of benzene rings is 2. The normalized spacial score (nSPS) is 16.1. The van der Waals surface area contributed by atoms with Crippen LogP contribution in [-0.4, -0.2) is 50.6 Å². The molecular weight excluding hydrogens is 564 g/mol. The van der Waals surface area contributed by atoms with E-state index in [0.717, 1.165) is 21.2 Å². The van der Waals surface area contributed by atoms with E-state index in [1.165, 1.54) is 31.4 Å². The molecule has 1 aliphatic heterocycles. The first-order valence-corrected chi connectivity index (χ1v) is 13.8. The van der Waals surface area contributed by atoms with Crippen molar-refractivity contribution in [2.75, 3.05) is 12.9 Å². The van der Waals surface area contributed by atoms with Crippen LogP contribution in [0.4, 0.5) is 8.78 Å². The standard InChI is InChI=1S/C27H22ClF2N5O4S/c1-3-40-13-21(16-6-5-15(9-23(16)40)27(38)39-2)34-26(37)22-10-20(33-24-19(30)12-32-35(22)24)25(36)31-11-14-4-7-18(29)17(28)8-14/h3-10,12,21H,11,13H2,1-2H3,(H,31,36)(H,34,37). The minimum Gasteiger partial charge on any atom is -0.465 e. The maximum Gasteiger partial charge on any atom is 0.337 e. The van der Waals surface area contributed by atoms with Gasteiger partial charge in [0.15, 0.2) is 11.5 Å². The summed E-state index contributed by atoms with van der Waals surface area (Å²) in [6.07, 6.45) is 0.907. The molecule has 2 unspecified atom stereocenters. The lowest BCUT2D eigenvalue weighted by atomic mass is 10.1. The minimum absolute atomic E-state index is 0.00276. The van der Waals surface area contributed by atoms with Crippen molar-refractivity contribution in [2.24, 2.45) is 0 Å². The molecule has 13 heteroatoms. The molecule has 1 aliphatic rings. The Hall–Kier alpha value is -4.16. The molecule has 40 heavy (non-hydrogen) atoms. The van der Waals surface area contributed by atoms with Gasteiger partial charge in [-0.05, 0) is 42.3 Å². The molecule has 2 atom stereocenters. The van der Waals surface area contributed by atoms with Gasteiger partial charge in [-0.15, -0.1) is 0 Å². The number of amides is 2. The number of rotatable bonds is 6. The van der Waals surface area contributed by atoms with Gasteiger partial charge in [-0.3, -0.25) is 9.59 Å². The van der Waals surface area contributed by atoms with Crippen LogP contribution < -0.4 is 10.6 Å². The summed E-state index contributed by atoms with van der Waals surface area (Å²) in [4.78, 5) is 43.4. The number of carbonyl (C=O) groups is 3. The van der Waals surface area contributed by atoms with Crippen molar-refractivity contribution >= 4 is 50.9 Å². The molecule has 2 amide bonds. The monoisotopic (exact) mass is 585 g/mol. The van der Waals surface area contributed by atoms with Crippen molar-refractivity contribution in [1.82, 2.24) is 25.2 Å². The highest BCUT2D eigenvalue weighted by molar-refractivity contribution is 8.15. The van der Waals surface area contributed by atoms with Crippen LogP contribution in [0.25, 0.3) is 5.65 Å². The third kappa shape index (κ3) is 5.19. The van der Waals surface area contributed by atoms with Crippen LogP contribution in [-0.2, 0) is 11.3 Å². The maximum atomic E-state index is 14.5. The van der Waals surface area contributed by atoms with Crippen LogP contribution in [0.15, 0.2) is 53.6 Å². The number of esters is 1. The van der Waals surface area contributed by atoms with Crippen LogP contribution in [0.1, 0.15) is 55.4 Å². The molecule has 206 valence electrons. The van der Waals surface area contributed by atoms with Crippen molar-refractivity contribution in [3.63, 3.8) is 0 Å². The van der Waals surface area contributed by atoms with Gasteiger partial charge in [-0.25, -0.2) is 23.1 Å². The molecule has 0 radical (unpaired) electrons. The summed E-state index contributed by atoms with van der Waals surface area (Å²) in [6, 6.07) is 10.0. The quantitative estimate of drug-likeness (QED) is 0.257. The summed E-state index contributed by atoms with van der Waals surface area (Å²) < 4.78 is 33.8. The average molecular weight is 586 g/mol. The van der Waals surface area contributed by atoms with Crippen LogP contribution in [0.5, 0.6) is 0 Å². The predicted octanol–water partition coefficient (Wildman–Crippen LogP) is 4.31. The number of halogens is 3. The molecule has 0 aliphatic carbocycles. The Bertz CT molecular complexity index is 1720. The third-order valence-electron chi connectivity index (χ3n) is 6.36. The zero-order valence-corrected chi connectivity index (χ0v) is 22.8. The van der Waals surface area contributed by atoms with Gasteiger partial charge in [0.05, 0.1) is 29.9 Å². The number of aromatic nitrogens is 3. The maximum absolute atomic E-state index is 14.5. The molecule has 2 aromatic carbocycles. The fraction of sp³-hybridized carbons (Fsp3) is 0.185. The Kier molecular flexibility index (Phi) is 7.63. The first kappa shape index (κ1) is 27.4. The average Bonchev–Trinajstić information content (AvgIpc) is 3.51. The van der Waals surface area contributed by atoms with Crippen LogP contribution in [0.3, 0.4) is 0 Å². The van der Waals surface area contributed by atoms with Crippen molar-refractivity contribution < 1.29 is 27.9 Å². The molecule has 2 aromatic heterocycles. The Morgan fingerprint density at radius 2 is 1.95 bits per heavy atom. The Morgan fingerprint density at radius 1 is 1.15 bits per heavy atom. The molecule has 0 bridgehead atoms. The van der Waals surface area contributed by atoms with E-state index >= 15 is 0 Å². The molecule has 9 nitrogen and oxygen atoms in total. The fourth-order valence-electron chi connectivity index (χ4n) is 4.36. The van der Waals surface area contributed by atoms with E-state index in [0.29, 0.717) is 16.9 Å². The van der Waals surface area contributed by atoms with Gasteiger partial charge >= 0.3 is 5.97 Å². The highest BCUT2D eigenvalue weighted by Gasteiger charge is 2.30. The molecule has 0 saturated heterocycles. The zero-order valence-electron chi connectivity index (χ0n) is 21.2. The molecule has 0 spiro atoms. The van der Waals surface area contributed by atoms with Gasteiger partial charge in [0.2, 0.25) is 0 Å². The number of ether oxygens (including phenoxy) is 1. The Labute approximate surface area is 234 Å². The molecule has 0 saturated carbocycles. The second-order valence-electron chi connectivity index (χ2n) is 8.79. The second-order valence-corrected chi connectivity index (χ2v) is 11.3. The first-order valence-electron chi connectivity index (χ1n) is 12.0. The topological polar surface area (TPSA) is 115 Å². The van der Waals surface area contributed by atoms with E-state index in [1.54, 1.807) is 18.2 Å². The number of nitrogens with zero attached hydrogens (tertiary/aromatic N) is 3. The summed E-state index contributed by atoms with van der Waals surface area (Å²) >= 11 is 5.80. The summed E-state index contributed by atoms with van der Waals surface area (Å²) in [5, 5.41) is 11.4. The van der Waals surface area contributed by atoms with Gasteiger partial charge in [-0.2, -0.15) is 15.6 Å². The lowest BCUT2D eigenvalue weighted by Crippen LogP contribution is -2.31. The Balaban J connectivity index is 1.42. The fourth-order valence-corrected chi connectivity index (χ4v) is 6.61. The summed E-state index contributed by atoms with van der Waals surface area (Å²) in [5.74, 6) is -2.56. The molecule has 5 rings (SSSR count). The van der Waals surface area contributed by atoms with Gasteiger partial charge < -0.3 is 15.4 Å². The lowest BCUT2D eigenvalue weighted by molar-refractivity contribution is 0.0600. The third-order valence-corrected chi connectivity index (χ3v) is 8.83. The lowest BCUT2D eigenvalue weighted by Gasteiger charge is -2.15. The van der Waals surface area contributed by atoms with Gasteiger partial charge in [0.25, 0.3) is 11.8 Å². The van der Waals surface area contributed by atoms with Gasteiger partial charge in [0, 0.05) is 23.3 Å². The number of fused-ring (bicyclic) bond motifs is 2. The van der Waals surface area contributed by atoms with Crippen molar-refractivity contribution in [1.29, 1.82) is 0 Å². The number of carbonyl (C=O) groups excluding carboxylic acids is 3. The number of methoxy groups -OCH3 is 1. The summed E-state index contributed by atoms with van der Waals surface area (Å²) in [5.41, 5.74) is 1.20. The zero-order chi connectivity index (χ0) is 28.6. The summed E-state index contributed by atoms with van der Waals surface area (Å²) in [6.45, 7) is 1.91. The van der Waals surface area contributed by atoms with E-state index in [2.05, 4.69) is 20.7 Å². The van der Waals surface area contributed by atoms with Crippen molar-refractivity contribution in [2.45, 2.75) is 24.4 Å². The number of hydrogen-bond acceptors (Lipinski definition) is 6. The molecule has 2 N–H and O–H groups in total. The molecule has 3 heterocycles. The van der Waals surface area contributed by atoms with Gasteiger partial charge in [0.1, 0.15) is 17.2 Å². The molecule has 0 fully saturated rings. The number of hydrogen-bond donors (Lipinski definition) is 2. The largest absolute Gasteiger partial charge is 0.465 e. The van der Waals surface area contributed by atoms with E-state index in [1.807, 2.05) is 12.3 Å². The van der Waals surface area contributed by atoms with E-state index in [-0.39, 0.29) is 39.1 Å². The van der Waals surface area contributed by atoms with Gasteiger partial charge in [-0.1, -0.05) is 29.1 Å². The molecule has 4 aromatic rings. The Morgan fingerprint density at radius 3 is 2.67 bits per heavy atom. The smallest absolute Gasteiger partial charge is 0.337 e.